The Morgan fingerprint density at radius 1 is 1.32 bits per heavy atom. The lowest BCUT2D eigenvalue weighted by Gasteiger charge is -2.43. The number of hydrogen-bond donors (Lipinski definition) is 2. The van der Waals surface area contributed by atoms with Crippen molar-refractivity contribution in [2.75, 3.05) is 26.2 Å². The number of benzene rings is 1. The minimum atomic E-state index is -0.361. The predicted molar refractivity (Wildman–Crippen MR) is 100 cm³/mol. The molecule has 1 unspecified atom stereocenters. The van der Waals surface area contributed by atoms with Gasteiger partial charge in [-0.15, -0.1) is 0 Å². The zero-order valence-corrected chi connectivity index (χ0v) is 15.9. The van der Waals surface area contributed by atoms with Crippen molar-refractivity contribution < 1.29 is 9.53 Å². The van der Waals surface area contributed by atoms with Crippen LogP contribution in [-0.4, -0.2) is 48.6 Å². The van der Waals surface area contributed by atoms with E-state index in [0.717, 1.165) is 57.7 Å². The van der Waals surface area contributed by atoms with Crippen molar-refractivity contribution in [3.8, 4) is 5.75 Å². The quantitative estimate of drug-likeness (QED) is 0.842. The Morgan fingerprint density at radius 2 is 2.08 bits per heavy atom. The molecule has 1 aromatic carbocycles. The predicted octanol–water partition coefficient (Wildman–Crippen LogP) is 2.57. The maximum atomic E-state index is 12.2. The second kappa shape index (κ2) is 7.94. The summed E-state index contributed by atoms with van der Waals surface area (Å²) in [6.45, 7) is 8.39. The number of halogens is 1. The van der Waals surface area contributed by atoms with E-state index >= 15 is 0 Å². The van der Waals surface area contributed by atoms with Crippen molar-refractivity contribution in [3.63, 3.8) is 0 Å². The average Bonchev–Trinajstić information content (AvgIpc) is 2.62. The van der Waals surface area contributed by atoms with Crippen molar-refractivity contribution in [2.45, 2.75) is 51.3 Å². The second-order valence-electron chi connectivity index (χ2n) is 7.14. The molecule has 2 N–H and O–H groups in total. The van der Waals surface area contributed by atoms with E-state index in [-0.39, 0.29) is 17.6 Å². The Hall–Kier alpha value is -1.30. The third kappa shape index (κ3) is 4.27. The van der Waals surface area contributed by atoms with Crippen LogP contribution in [-0.2, 0) is 11.3 Å². The molecule has 3 rings (SSSR count). The molecular weight excluding hydrogens is 338 g/mol. The Bertz CT molecular complexity index is 615. The molecule has 1 atom stereocenters. The molecule has 0 aromatic heterocycles. The Kier molecular flexibility index (Phi) is 5.87. The van der Waals surface area contributed by atoms with Gasteiger partial charge in [-0.2, -0.15) is 0 Å². The number of ether oxygens (including phenoxy) is 1. The SMILES string of the molecule is CCC(C)Oc1ccc(CN2CCC3(CC2)NCCNC3=O)cc1Cl. The van der Waals surface area contributed by atoms with Crippen molar-refractivity contribution >= 4 is 17.5 Å². The number of nitrogens with one attached hydrogen (secondary N) is 2. The topological polar surface area (TPSA) is 53.6 Å². The molecule has 0 saturated carbocycles. The largest absolute Gasteiger partial charge is 0.489 e. The first-order valence-corrected chi connectivity index (χ1v) is 9.61. The molecule has 0 aliphatic carbocycles. The summed E-state index contributed by atoms with van der Waals surface area (Å²) in [7, 11) is 0. The monoisotopic (exact) mass is 365 g/mol. The molecule has 138 valence electrons. The standard InChI is InChI=1S/C19H28ClN3O2/c1-3-14(2)25-17-5-4-15(12-16(17)20)13-23-10-6-19(7-11-23)18(24)21-8-9-22-19/h4-5,12,14,22H,3,6-11,13H2,1-2H3,(H,21,24). The first-order chi connectivity index (χ1) is 12.0. The Balaban J connectivity index is 1.57. The minimum absolute atomic E-state index is 0.160. The molecule has 2 saturated heterocycles. The van der Waals surface area contributed by atoms with E-state index < -0.39 is 0 Å². The molecule has 25 heavy (non-hydrogen) atoms. The lowest BCUT2D eigenvalue weighted by molar-refractivity contribution is -0.131. The fourth-order valence-corrected chi connectivity index (χ4v) is 3.77. The van der Waals surface area contributed by atoms with Crippen LogP contribution in [0.4, 0.5) is 0 Å². The Morgan fingerprint density at radius 3 is 2.72 bits per heavy atom. The lowest BCUT2D eigenvalue weighted by atomic mass is 9.85. The number of hydrogen-bond acceptors (Lipinski definition) is 4. The minimum Gasteiger partial charge on any atom is -0.489 e. The van der Waals surface area contributed by atoms with Crippen LogP contribution in [0.5, 0.6) is 5.75 Å². The Labute approximate surface area is 155 Å². The summed E-state index contributed by atoms with van der Waals surface area (Å²) in [5.74, 6) is 0.911. The lowest BCUT2D eigenvalue weighted by Crippen LogP contribution is -2.66. The summed E-state index contributed by atoms with van der Waals surface area (Å²) in [5, 5.41) is 7.09. The number of rotatable bonds is 5. The molecule has 0 radical (unpaired) electrons. The van der Waals surface area contributed by atoms with Crippen molar-refractivity contribution in [1.82, 2.24) is 15.5 Å². The van der Waals surface area contributed by atoms with Crippen LogP contribution >= 0.6 is 11.6 Å². The number of piperidine rings is 1. The van der Waals surface area contributed by atoms with E-state index in [4.69, 9.17) is 16.3 Å². The molecule has 2 aliphatic heterocycles. The summed E-state index contributed by atoms with van der Waals surface area (Å²) < 4.78 is 5.83. The molecule has 2 aliphatic rings. The van der Waals surface area contributed by atoms with Gasteiger partial charge in [0.25, 0.3) is 0 Å². The highest BCUT2D eigenvalue weighted by Crippen LogP contribution is 2.29. The number of piperazine rings is 1. The van der Waals surface area contributed by atoms with Gasteiger partial charge in [-0.1, -0.05) is 24.6 Å². The summed E-state index contributed by atoms with van der Waals surface area (Å²) in [6.07, 6.45) is 2.81. The number of amides is 1. The van der Waals surface area contributed by atoms with Crippen LogP contribution in [0.1, 0.15) is 38.7 Å². The fourth-order valence-electron chi connectivity index (χ4n) is 3.52. The maximum absolute atomic E-state index is 12.2. The molecule has 2 fully saturated rings. The maximum Gasteiger partial charge on any atom is 0.240 e. The van der Waals surface area contributed by atoms with Crippen LogP contribution in [0.25, 0.3) is 0 Å². The average molecular weight is 366 g/mol. The van der Waals surface area contributed by atoms with Crippen molar-refractivity contribution in [1.29, 1.82) is 0 Å². The normalized spacial score (nSPS) is 21.8. The molecule has 6 heteroatoms. The van der Waals surface area contributed by atoms with E-state index in [1.165, 1.54) is 5.56 Å². The summed E-state index contributed by atoms with van der Waals surface area (Å²) in [4.78, 5) is 14.6. The molecule has 0 bridgehead atoms. The zero-order chi connectivity index (χ0) is 17.9. The van der Waals surface area contributed by atoms with Gasteiger partial charge in [-0.3, -0.25) is 9.69 Å². The van der Waals surface area contributed by atoms with Crippen molar-refractivity contribution in [2.24, 2.45) is 0 Å². The van der Waals surface area contributed by atoms with Gasteiger partial charge in [-0.25, -0.2) is 0 Å². The van der Waals surface area contributed by atoms with Gasteiger partial charge in [0, 0.05) is 32.7 Å². The molecule has 1 aromatic rings. The second-order valence-corrected chi connectivity index (χ2v) is 7.55. The van der Waals surface area contributed by atoms with Gasteiger partial charge < -0.3 is 15.4 Å². The third-order valence-corrected chi connectivity index (χ3v) is 5.62. The van der Waals surface area contributed by atoms with E-state index in [0.29, 0.717) is 5.02 Å². The van der Waals surface area contributed by atoms with Crippen LogP contribution in [0.2, 0.25) is 5.02 Å². The van der Waals surface area contributed by atoms with E-state index in [1.54, 1.807) is 0 Å². The van der Waals surface area contributed by atoms with E-state index in [9.17, 15) is 4.79 Å². The van der Waals surface area contributed by atoms with Gasteiger partial charge in [0.15, 0.2) is 0 Å². The third-order valence-electron chi connectivity index (χ3n) is 5.32. The van der Waals surface area contributed by atoms with Gasteiger partial charge in [0.1, 0.15) is 11.3 Å². The molecule has 2 heterocycles. The fraction of sp³-hybridized carbons (Fsp3) is 0.632. The first-order valence-electron chi connectivity index (χ1n) is 9.23. The van der Waals surface area contributed by atoms with Crippen LogP contribution in [0.15, 0.2) is 18.2 Å². The van der Waals surface area contributed by atoms with Gasteiger partial charge in [-0.05, 0) is 43.9 Å². The summed E-state index contributed by atoms with van der Waals surface area (Å²) in [6, 6.07) is 6.04. The summed E-state index contributed by atoms with van der Waals surface area (Å²) >= 11 is 6.38. The summed E-state index contributed by atoms with van der Waals surface area (Å²) in [5.41, 5.74) is 0.818. The zero-order valence-electron chi connectivity index (χ0n) is 15.1. The van der Waals surface area contributed by atoms with Crippen molar-refractivity contribution in [3.05, 3.63) is 28.8 Å². The highest BCUT2D eigenvalue weighted by Gasteiger charge is 2.42. The molecule has 1 spiro atoms. The number of carbonyl (C=O) groups is 1. The molecule has 1 amide bonds. The van der Waals surface area contributed by atoms with Gasteiger partial charge in [0.2, 0.25) is 5.91 Å². The smallest absolute Gasteiger partial charge is 0.240 e. The van der Waals surface area contributed by atoms with E-state index in [2.05, 4.69) is 28.5 Å². The van der Waals surface area contributed by atoms with Crippen LogP contribution in [0, 0.1) is 0 Å². The van der Waals surface area contributed by atoms with Gasteiger partial charge >= 0.3 is 0 Å². The number of carbonyl (C=O) groups excluding carboxylic acids is 1. The van der Waals surface area contributed by atoms with Gasteiger partial charge in [0.05, 0.1) is 11.1 Å². The van der Waals surface area contributed by atoms with E-state index in [1.807, 2.05) is 19.1 Å². The van der Waals surface area contributed by atoms with Crippen LogP contribution in [0.3, 0.4) is 0 Å². The highest BCUT2D eigenvalue weighted by atomic mass is 35.5. The highest BCUT2D eigenvalue weighted by molar-refractivity contribution is 6.32. The number of likely N-dealkylation sites (tertiary alicyclic amines) is 1. The number of nitrogens with zero attached hydrogens (tertiary/aromatic N) is 1. The van der Waals surface area contributed by atoms with Crippen LogP contribution < -0.4 is 15.4 Å². The molecule has 5 nitrogen and oxygen atoms in total. The first kappa shape index (κ1) is 18.5. The molecular formula is C19H28ClN3O2.